The third-order valence-electron chi connectivity index (χ3n) is 17.1. The third kappa shape index (κ3) is 67.1. The fraction of sp³-hybridized carbons (Fsp3) is 0.893. The second-order valence-electron chi connectivity index (χ2n) is 25.3. The lowest BCUT2D eigenvalue weighted by atomic mass is 10.0. The molecule has 478 valence electrons. The van der Waals surface area contributed by atoms with E-state index in [4.69, 9.17) is 4.74 Å². The fourth-order valence-electron chi connectivity index (χ4n) is 11.5. The van der Waals surface area contributed by atoms with E-state index in [1.807, 2.05) is 6.08 Å². The zero-order valence-electron chi connectivity index (χ0n) is 54.8. The Labute approximate surface area is 506 Å². The van der Waals surface area contributed by atoms with Crippen molar-refractivity contribution in [1.29, 1.82) is 0 Å². The van der Waals surface area contributed by atoms with Crippen LogP contribution >= 0.6 is 0 Å². The average Bonchev–Trinajstić information content (AvgIpc) is 3.47. The topological polar surface area (TPSA) is 95.9 Å². The molecule has 0 aromatic heterocycles. The third-order valence-corrected chi connectivity index (χ3v) is 17.1. The Bertz CT molecular complexity index is 1310. The molecule has 0 aromatic rings. The van der Waals surface area contributed by atoms with Crippen molar-refractivity contribution in [2.24, 2.45) is 0 Å². The van der Waals surface area contributed by atoms with Crippen LogP contribution in [0.25, 0.3) is 0 Å². The number of amides is 1. The first kappa shape index (κ1) is 79.1. The molecule has 0 rings (SSSR count). The molecule has 0 spiro atoms. The summed E-state index contributed by atoms with van der Waals surface area (Å²) < 4.78 is 5.51. The van der Waals surface area contributed by atoms with Crippen LogP contribution in [0.4, 0.5) is 0 Å². The van der Waals surface area contributed by atoms with Crippen molar-refractivity contribution >= 4 is 11.9 Å². The van der Waals surface area contributed by atoms with E-state index in [2.05, 4.69) is 43.5 Å². The molecule has 2 unspecified atom stereocenters. The number of nitrogens with one attached hydrogen (secondary N) is 1. The van der Waals surface area contributed by atoms with Gasteiger partial charge in [-0.15, -0.1) is 0 Å². The van der Waals surface area contributed by atoms with Crippen LogP contribution in [0.2, 0.25) is 0 Å². The number of esters is 1. The summed E-state index contributed by atoms with van der Waals surface area (Å²) in [5.74, 6) is -0.0460. The van der Waals surface area contributed by atoms with Gasteiger partial charge in [0.1, 0.15) is 0 Å². The Balaban J connectivity index is 3.34. The second-order valence-corrected chi connectivity index (χ2v) is 25.3. The van der Waals surface area contributed by atoms with E-state index in [-0.39, 0.29) is 18.5 Å². The van der Waals surface area contributed by atoms with Gasteiger partial charge in [-0.25, -0.2) is 0 Å². The van der Waals surface area contributed by atoms with Crippen molar-refractivity contribution < 1.29 is 24.5 Å². The number of carbonyl (C=O) groups excluding carboxylic acids is 2. The predicted octanol–water partition coefficient (Wildman–Crippen LogP) is 23.9. The first-order valence-corrected chi connectivity index (χ1v) is 36.8. The molecular formula is C75H143NO5. The number of ether oxygens (including phenoxy) is 1. The van der Waals surface area contributed by atoms with Crippen LogP contribution in [0.15, 0.2) is 36.5 Å². The number of hydrogen-bond donors (Lipinski definition) is 3. The van der Waals surface area contributed by atoms with Crippen molar-refractivity contribution in [3.63, 3.8) is 0 Å². The Kier molecular flexibility index (Phi) is 68.9. The summed E-state index contributed by atoms with van der Waals surface area (Å²) in [5.41, 5.74) is 0. The monoisotopic (exact) mass is 1140 g/mol. The lowest BCUT2D eigenvalue weighted by Crippen LogP contribution is -2.45. The van der Waals surface area contributed by atoms with Gasteiger partial charge in [0.2, 0.25) is 5.91 Å². The van der Waals surface area contributed by atoms with Gasteiger partial charge < -0.3 is 20.3 Å². The van der Waals surface area contributed by atoms with Crippen LogP contribution in [-0.2, 0) is 14.3 Å². The van der Waals surface area contributed by atoms with Gasteiger partial charge in [0.25, 0.3) is 0 Å². The molecule has 0 saturated carbocycles. The van der Waals surface area contributed by atoms with Gasteiger partial charge in [-0.2, -0.15) is 0 Å². The molecule has 0 fully saturated rings. The molecule has 1 amide bonds. The largest absolute Gasteiger partial charge is 0.466 e. The molecule has 81 heavy (non-hydrogen) atoms. The molecule has 0 saturated heterocycles. The minimum absolute atomic E-state index is 0.0180. The lowest BCUT2D eigenvalue weighted by molar-refractivity contribution is -0.143. The summed E-state index contributed by atoms with van der Waals surface area (Å²) in [7, 11) is 0. The highest BCUT2D eigenvalue weighted by atomic mass is 16.5. The van der Waals surface area contributed by atoms with Crippen molar-refractivity contribution in [1.82, 2.24) is 5.32 Å². The summed E-state index contributed by atoms with van der Waals surface area (Å²) >= 11 is 0. The van der Waals surface area contributed by atoms with Gasteiger partial charge in [-0.05, 0) is 83.5 Å². The molecule has 0 aliphatic heterocycles. The van der Waals surface area contributed by atoms with Gasteiger partial charge in [0.15, 0.2) is 0 Å². The van der Waals surface area contributed by atoms with Crippen molar-refractivity contribution in [2.75, 3.05) is 13.2 Å². The molecule has 0 heterocycles. The minimum Gasteiger partial charge on any atom is -0.466 e. The second kappa shape index (κ2) is 70.6. The summed E-state index contributed by atoms with van der Waals surface area (Å²) in [4.78, 5) is 24.6. The summed E-state index contributed by atoms with van der Waals surface area (Å²) in [5, 5.41) is 23.1. The number of hydrogen-bond acceptors (Lipinski definition) is 5. The molecular weight excluding hydrogens is 995 g/mol. The van der Waals surface area contributed by atoms with Crippen LogP contribution in [0.3, 0.4) is 0 Å². The number of aliphatic hydroxyl groups is 2. The number of aliphatic hydroxyl groups excluding tert-OH is 2. The summed E-state index contributed by atoms with van der Waals surface area (Å²) in [6.07, 6.45) is 91.0. The first-order valence-electron chi connectivity index (χ1n) is 36.8. The van der Waals surface area contributed by atoms with Crippen LogP contribution in [0.1, 0.15) is 406 Å². The van der Waals surface area contributed by atoms with Crippen molar-refractivity contribution in [3.05, 3.63) is 36.5 Å². The molecule has 0 aliphatic carbocycles. The number of carbonyl (C=O) groups is 2. The van der Waals surface area contributed by atoms with Gasteiger partial charge in [0.05, 0.1) is 25.4 Å². The van der Waals surface area contributed by atoms with Gasteiger partial charge in [-0.3, -0.25) is 9.59 Å². The van der Waals surface area contributed by atoms with Crippen LogP contribution < -0.4 is 5.32 Å². The maximum absolute atomic E-state index is 12.5. The van der Waals surface area contributed by atoms with E-state index in [9.17, 15) is 19.8 Å². The first-order chi connectivity index (χ1) is 40.0. The molecule has 3 N–H and O–H groups in total. The highest BCUT2D eigenvalue weighted by molar-refractivity contribution is 5.76. The molecule has 0 aliphatic rings. The van der Waals surface area contributed by atoms with Crippen molar-refractivity contribution in [3.8, 4) is 0 Å². The standard InChI is InChI=1S/C75H143NO5/c1-3-5-7-9-11-13-15-17-18-19-34-38-41-45-49-53-57-61-65-69-75(80)81-70-66-62-58-54-50-46-42-39-36-33-31-29-27-25-23-21-20-22-24-26-28-30-32-35-37-40-44-48-52-56-60-64-68-74(79)76-72(71-77)73(78)67-63-59-55-51-47-43-16-14-12-10-8-6-4-2/h17-18,23,25,63,67,72-73,77-78H,3-16,19-22,24,26-62,64-66,68-71H2,1-2H3,(H,76,79)/b18-17-,25-23-,67-63+. The minimum atomic E-state index is -0.842. The molecule has 0 radical (unpaired) electrons. The smallest absolute Gasteiger partial charge is 0.305 e. The van der Waals surface area contributed by atoms with E-state index in [1.165, 1.54) is 340 Å². The Morgan fingerprint density at radius 3 is 0.877 bits per heavy atom. The summed E-state index contributed by atoms with van der Waals surface area (Å²) in [6, 6.07) is -0.625. The van der Waals surface area contributed by atoms with Gasteiger partial charge in [0, 0.05) is 12.8 Å². The maximum atomic E-state index is 12.5. The summed E-state index contributed by atoms with van der Waals surface area (Å²) in [6.45, 7) is 4.93. The van der Waals surface area contributed by atoms with Gasteiger partial charge >= 0.3 is 5.97 Å². The number of unbranched alkanes of at least 4 members (excludes halogenated alkanes) is 54. The average molecular weight is 1140 g/mol. The molecule has 6 heteroatoms. The Morgan fingerprint density at radius 2 is 0.580 bits per heavy atom. The quantitative estimate of drug-likeness (QED) is 0.0320. The van der Waals surface area contributed by atoms with Crippen molar-refractivity contribution in [2.45, 2.75) is 418 Å². The molecule has 0 aromatic carbocycles. The Morgan fingerprint density at radius 1 is 0.333 bits per heavy atom. The zero-order chi connectivity index (χ0) is 58.5. The SMILES string of the molecule is CCCCCCCC/C=C\CCCCCCCCCCCC(=O)OCCCCCCCCCCCCCC/C=C\CCCCCCCCCCCCCCCCCCC(=O)NC(CO)C(O)/C=C/CCCCCCCCCCCCC. The lowest BCUT2D eigenvalue weighted by Gasteiger charge is -2.20. The van der Waals surface area contributed by atoms with Crippen LogP contribution in [0, 0.1) is 0 Å². The zero-order valence-corrected chi connectivity index (χ0v) is 54.8. The van der Waals surface area contributed by atoms with E-state index in [0.29, 0.717) is 19.4 Å². The van der Waals surface area contributed by atoms with E-state index < -0.39 is 12.1 Å². The Hall–Kier alpha value is -1.92. The highest BCUT2D eigenvalue weighted by Gasteiger charge is 2.18. The van der Waals surface area contributed by atoms with Crippen LogP contribution in [0.5, 0.6) is 0 Å². The molecule has 6 nitrogen and oxygen atoms in total. The van der Waals surface area contributed by atoms with E-state index in [0.717, 1.165) is 38.5 Å². The fourth-order valence-corrected chi connectivity index (χ4v) is 11.5. The van der Waals surface area contributed by atoms with Crippen LogP contribution in [-0.4, -0.2) is 47.4 Å². The van der Waals surface area contributed by atoms with E-state index in [1.54, 1.807) is 6.08 Å². The molecule has 2 atom stereocenters. The maximum Gasteiger partial charge on any atom is 0.305 e. The van der Waals surface area contributed by atoms with E-state index >= 15 is 0 Å². The van der Waals surface area contributed by atoms with Gasteiger partial charge in [-0.1, -0.05) is 346 Å². The predicted molar refractivity (Wildman–Crippen MR) is 356 cm³/mol. The number of rotatable bonds is 69. The number of allylic oxidation sites excluding steroid dienone is 5. The normalized spacial score (nSPS) is 12.7. The highest BCUT2D eigenvalue weighted by Crippen LogP contribution is 2.18. The molecule has 0 bridgehead atoms.